The minimum atomic E-state index is -0.889. The molecule has 1 aromatic carbocycles. The molecular weight excluding hydrogens is 354 g/mol. The van der Waals surface area contributed by atoms with Crippen molar-refractivity contribution in [2.45, 2.75) is 59.6 Å². The first kappa shape index (κ1) is 21.1. The van der Waals surface area contributed by atoms with Crippen LogP contribution in [0.5, 0.6) is 0 Å². The van der Waals surface area contributed by atoms with Gasteiger partial charge in [0, 0.05) is 30.6 Å². The van der Waals surface area contributed by atoms with Crippen LogP contribution in [0.25, 0.3) is 0 Å². The Labute approximate surface area is 159 Å². The Morgan fingerprint density at radius 2 is 1.85 bits per heavy atom. The standard InChI is InChI=1S/C20H28F2N2O3/c1-12-9-13(15(22)10-14(12)21)17(25)23-16-7-8-24(11-20(16,5)6)18(26)27-19(2,3)4/h9-10,16H,7-8,11H2,1-6H3,(H,23,25). The summed E-state index contributed by atoms with van der Waals surface area (Å²) >= 11 is 0. The van der Waals surface area contributed by atoms with Crippen molar-refractivity contribution in [3.8, 4) is 0 Å². The molecule has 1 heterocycles. The number of aryl methyl sites for hydroxylation is 1. The predicted octanol–water partition coefficient (Wildman–Crippen LogP) is 4.04. The van der Waals surface area contributed by atoms with Gasteiger partial charge in [-0.3, -0.25) is 4.79 Å². The van der Waals surface area contributed by atoms with E-state index >= 15 is 0 Å². The van der Waals surface area contributed by atoms with Crippen molar-refractivity contribution in [2.24, 2.45) is 5.41 Å². The lowest BCUT2D eigenvalue weighted by Gasteiger charge is -2.44. The van der Waals surface area contributed by atoms with Crippen LogP contribution in [0, 0.1) is 24.0 Å². The molecule has 27 heavy (non-hydrogen) atoms. The highest BCUT2D eigenvalue weighted by Gasteiger charge is 2.40. The minimum absolute atomic E-state index is 0.181. The molecule has 1 unspecified atom stereocenters. The number of nitrogens with one attached hydrogen (secondary N) is 1. The molecule has 5 nitrogen and oxygen atoms in total. The number of ether oxygens (including phenoxy) is 1. The molecule has 1 aliphatic rings. The highest BCUT2D eigenvalue weighted by atomic mass is 19.1. The topological polar surface area (TPSA) is 58.6 Å². The molecule has 0 spiro atoms. The zero-order valence-corrected chi connectivity index (χ0v) is 16.8. The Morgan fingerprint density at radius 1 is 1.22 bits per heavy atom. The van der Waals surface area contributed by atoms with E-state index in [0.29, 0.717) is 19.5 Å². The van der Waals surface area contributed by atoms with Crippen molar-refractivity contribution in [1.82, 2.24) is 10.2 Å². The molecule has 0 bridgehead atoms. The number of rotatable bonds is 2. The maximum atomic E-state index is 14.0. The lowest BCUT2D eigenvalue weighted by Crippen LogP contribution is -2.57. The molecule has 2 rings (SSSR count). The van der Waals surface area contributed by atoms with E-state index in [2.05, 4.69) is 5.32 Å². The Hall–Kier alpha value is -2.18. The highest BCUT2D eigenvalue weighted by Crippen LogP contribution is 2.30. The monoisotopic (exact) mass is 382 g/mol. The molecule has 1 aliphatic heterocycles. The van der Waals surface area contributed by atoms with Crippen molar-refractivity contribution in [3.63, 3.8) is 0 Å². The normalized spacial score (nSPS) is 19.6. The van der Waals surface area contributed by atoms with Gasteiger partial charge in [0.1, 0.15) is 17.2 Å². The Balaban J connectivity index is 2.08. The van der Waals surface area contributed by atoms with Gasteiger partial charge in [0.2, 0.25) is 0 Å². The fourth-order valence-corrected chi connectivity index (χ4v) is 3.17. The maximum absolute atomic E-state index is 14.0. The van der Waals surface area contributed by atoms with E-state index in [1.807, 2.05) is 34.6 Å². The summed E-state index contributed by atoms with van der Waals surface area (Å²) in [6, 6.07) is 1.68. The summed E-state index contributed by atoms with van der Waals surface area (Å²) in [6.07, 6.45) is 0.125. The van der Waals surface area contributed by atoms with E-state index in [4.69, 9.17) is 4.74 Å². The lowest BCUT2D eigenvalue weighted by atomic mass is 9.79. The Bertz CT molecular complexity index is 741. The zero-order valence-electron chi connectivity index (χ0n) is 16.8. The second kappa shape index (κ2) is 7.44. The van der Waals surface area contributed by atoms with Gasteiger partial charge in [-0.15, -0.1) is 0 Å². The third-order valence-electron chi connectivity index (χ3n) is 4.68. The van der Waals surface area contributed by atoms with Crippen molar-refractivity contribution in [2.75, 3.05) is 13.1 Å². The van der Waals surface area contributed by atoms with Gasteiger partial charge < -0.3 is 15.0 Å². The van der Waals surface area contributed by atoms with E-state index in [0.717, 1.165) is 6.07 Å². The van der Waals surface area contributed by atoms with Gasteiger partial charge in [-0.2, -0.15) is 0 Å². The number of piperidine rings is 1. The number of likely N-dealkylation sites (tertiary alicyclic amines) is 1. The van der Waals surface area contributed by atoms with Crippen LogP contribution in [-0.2, 0) is 4.74 Å². The number of hydrogen-bond acceptors (Lipinski definition) is 3. The predicted molar refractivity (Wildman–Crippen MR) is 98.6 cm³/mol. The van der Waals surface area contributed by atoms with Crippen LogP contribution >= 0.6 is 0 Å². The fourth-order valence-electron chi connectivity index (χ4n) is 3.17. The number of amides is 2. The Morgan fingerprint density at radius 3 is 2.41 bits per heavy atom. The first-order chi connectivity index (χ1) is 12.3. The molecular formula is C20H28F2N2O3. The number of carbonyl (C=O) groups is 2. The second-order valence-corrected chi connectivity index (χ2v) is 8.79. The van der Waals surface area contributed by atoms with Crippen LogP contribution in [0.2, 0.25) is 0 Å². The van der Waals surface area contributed by atoms with Crippen LogP contribution in [-0.4, -0.2) is 41.6 Å². The molecule has 2 amide bonds. The molecule has 0 aromatic heterocycles. The first-order valence-electron chi connectivity index (χ1n) is 9.04. The van der Waals surface area contributed by atoms with Crippen LogP contribution in [0.4, 0.5) is 13.6 Å². The maximum Gasteiger partial charge on any atom is 0.410 e. The lowest BCUT2D eigenvalue weighted by molar-refractivity contribution is 0.00269. The zero-order chi connectivity index (χ0) is 20.6. The van der Waals surface area contributed by atoms with E-state index in [1.54, 1.807) is 4.90 Å². The fraction of sp³-hybridized carbons (Fsp3) is 0.600. The summed E-state index contributed by atoms with van der Waals surface area (Å²) in [5.74, 6) is -2.16. The van der Waals surface area contributed by atoms with Crippen molar-refractivity contribution >= 4 is 12.0 Å². The number of hydrogen-bond donors (Lipinski definition) is 1. The van der Waals surface area contributed by atoms with Gasteiger partial charge in [-0.25, -0.2) is 13.6 Å². The summed E-state index contributed by atoms with van der Waals surface area (Å²) in [5.41, 5.74) is -0.986. The van der Waals surface area contributed by atoms with E-state index in [-0.39, 0.29) is 23.3 Å². The van der Waals surface area contributed by atoms with Crippen LogP contribution < -0.4 is 5.32 Å². The number of benzene rings is 1. The third kappa shape index (κ3) is 5.17. The molecule has 1 atom stereocenters. The van der Waals surface area contributed by atoms with Gasteiger partial charge in [0.15, 0.2) is 0 Å². The molecule has 1 saturated heterocycles. The molecule has 1 fully saturated rings. The van der Waals surface area contributed by atoms with Gasteiger partial charge in [0.25, 0.3) is 5.91 Å². The molecule has 1 N–H and O–H groups in total. The molecule has 1 aromatic rings. The van der Waals surface area contributed by atoms with Gasteiger partial charge >= 0.3 is 6.09 Å². The summed E-state index contributed by atoms with van der Waals surface area (Å²) in [4.78, 5) is 26.4. The molecule has 7 heteroatoms. The first-order valence-corrected chi connectivity index (χ1v) is 9.04. The largest absolute Gasteiger partial charge is 0.444 e. The Kier molecular flexibility index (Phi) is 5.82. The van der Waals surface area contributed by atoms with E-state index < -0.39 is 28.6 Å². The summed E-state index contributed by atoms with van der Waals surface area (Å²) in [6.45, 7) is 11.6. The van der Waals surface area contributed by atoms with Gasteiger partial charge in [-0.05, 0) is 45.7 Å². The third-order valence-corrected chi connectivity index (χ3v) is 4.68. The minimum Gasteiger partial charge on any atom is -0.444 e. The molecule has 0 radical (unpaired) electrons. The summed E-state index contributed by atoms with van der Waals surface area (Å²) in [5, 5.41) is 2.84. The SMILES string of the molecule is Cc1cc(C(=O)NC2CCN(C(=O)OC(C)(C)C)CC2(C)C)c(F)cc1F. The summed E-state index contributed by atoms with van der Waals surface area (Å²) in [7, 11) is 0. The summed E-state index contributed by atoms with van der Waals surface area (Å²) < 4.78 is 32.8. The van der Waals surface area contributed by atoms with Crippen LogP contribution in [0.3, 0.4) is 0 Å². The number of halogens is 2. The second-order valence-electron chi connectivity index (χ2n) is 8.79. The average Bonchev–Trinajstić information content (AvgIpc) is 2.50. The smallest absolute Gasteiger partial charge is 0.410 e. The van der Waals surface area contributed by atoms with Gasteiger partial charge in [0.05, 0.1) is 5.56 Å². The number of nitrogens with zero attached hydrogens (tertiary/aromatic N) is 1. The van der Waals surface area contributed by atoms with E-state index in [1.165, 1.54) is 13.0 Å². The van der Waals surface area contributed by atoms with Crippen molar-refractivity contribution in [1.29, 1.82) is 0 Å². The van der Waals surface area contributed by atoms with Crippen LogP contribution in [0.1, 0.15) is 57.0 Å². The average molecular weight is 382 g/mol. The molecule has 0 aliphatic carbocycles. The quantitative estimate of drug-likeness (QED) is 0.840. The molecule has 0 saturated carbocycles. The van der Waals surface area contributed by atoms with E-state index in [9.17, 15) is 18.4 Å². The highest BCUT2D eigenvalue weighted by molar-refractivity contribution is 5.95. The van der Waals surface area contributed by atoms with Crippen molar-refractivity contribution < 1.29 is 23.1 Å². The van der Waals surface area contributed by atoms with Crippen LogP contribution in [0.15, 0.2) is 12.1 Å². The number of carbonyl (C=O) groups excluding carboxylic acids is 2. The van der Waals surface area contributed by atoms with Crippen molar-refractivity contribution in [3.05, 3.63) is 34.9 Å². The van der Waals surface area contributed by atoms with Gasteiger partial charge in [-0.1, -0.05) is 13.8 Å². The molecule has 150 valence electrons.